The molecule has 2 aromatic rings. The van der Waals surface area contributed by atoms with Crippen molar-refractivity contribution in [3.8, 4) is 11.8 Å². The molecular weight excluding hydrogens is 354 g/mol. The van der Waals surface area contributed by atoms with E-state index >= 15 is 0 Å². The molecule has 0 radical (unpaired) electrons. The molecule has 3 rings (SSSR count). The Kier molecular flexibility index (Phi) is 5.40. The smallest absolute Gasteiger partial charge is 0.262 e. The van der Waals surface area contributed by atoms with Gasteiger partial charge in [0.2, 0.25) is 5.91 Å². The molecule has 0 aliphatic carbocycles. The molecule has 1 aliphatic heterocycles. The van der Waals surface area contributed by atoms with Crippen LogP contribution in [0, 0.1) is 11.3 Å². The van der Waals surface area contributed by atoms with Crippen molar-refractivity contribution in [1.29, 1.82) is 5.26 Å². The maximum atomic E-state index is 12.1. The molecule has 7 heteroatoms. The van der Waals surface area contributed by atoms with E-state index in [0.29, 0.717) is 30.0 Å². The number of ether oxygens (including phenoxy) is 1. The molecule has 132 valence electrons. The lowest BCUT2D eigenvalue weighted by molar-refractivity contribution is -0.118. The molecule has 2 aromatic carbocycles. The van der Waals surface area contributed by atoms with Crippen LogP contribution in [0.1, 0.15) is 18.4 Å². The lowest BCUT2D eigenvalue weighted by Crippen LogP contribution is -2.24. The van der Waals surface area contributed by atoms with E-state index in [4.69, 9.17) is 21.6 Å². The van der Waals surface area contributed by atoms with Crippen molar-refractivity contribution in [3.05, 3.63) is 53.1 Å². The Labute approximate surface area is 155 Å². The van der Waals surface area contributed by atoms with E-state index in [0.717, 1.165) is 12.1 Å². The van der Waals surface area contributed by atoms with E-state index in [2.05, 4.69) is 5.32 Å². The van der Waals surface area contributed by atoms with Crippen molar-refractivity contribution in [2.45, 2.75) is 12.8 Å². The molecule has 2 amide bonds. The van der Waals surface area contributed by atoms with Gasteiger partial charge in [-0.05, 0) is 42.8 Å². The fourth-order valence-electron chi connectivity index (χ4n) is 2.70. The summed E-state index contributed by atoms with van der Waals surface area (Å²) in [4.78, 5) is 25.6. The molecule has 0 atom stereocenters. The normalized spacial score (nSPS) is 13.4. The van der Waals surface area contributed by atoms with Crippen molar-refractivity contribution < 1.29 is 14.3 Å². The first kappa shape index (κ1) is 17.8. The third-order valence-electron chi connectivity index (χ3n) is 3.93. The summed E-state index contributed by atoms with van der Waals surface area (Å²) in [7, 11) is 0. The summed E-state index contributed by atoms with van der Waals surface area (Å²) < 4.78 is 5.40. The second kappa shape index (κ2) is 7.89. The maximum Gasteiger partial charge on any atom is 0.262 e. The molecule has 1 N–H and O–H groups in total. The molecule has 6 nitrogen and oxygen atoms in total. The lowest BCUT2D eigenvalue weighted by Gasteiger charge is -2.17. The van der Waals surface area contributed by atoms with Gasteiger partial charge in [0.05, 0.1) is 16.7 Å². The molecule has 1 saturated heterocycles. The summed E-state index contributed by atoms with van der Waals surface area (Å²) in [5.41, 5.74) is 1.77. The van der Waals surface area contributed by atoms with Crippen LogP contribution >= 0.6 is 11.6 Å². The van der Waals surface area contributed by atoms with E-state index < -0.39 is 0 Å². The Morgan fingerprint density at radius 3 is 2.85 bits per heavy atom. The number of carbonyl (C=O) groups is 2. The number of hydrogen-bond donors (Lipinski definition) is 1. The fourth-order valence-corrected chi connectivity index (χ4v) is 2.94. The highest BCUT2D eigenvalue weighted by Crippen LogP contribution is 2.26. The highest BCUT2D eigenvalue weighted by molar-refractivity contribution is 6.32. The first-order valence-corrected chi connectivity index (χ1v) is 8.47. The molecule has 0 saturated carbocycles. The Bertz CT molecular complexity index is 892. The summed E-state index contributed by atoms with van der Waals surface area (Å²) in [5, 5.41) is 11.8. The third kappa shape index (κ3) is 4.13. The minimum atomic E-state index is -0.352. The van der Waals surface area contributed by atoms with Crippen molar-refractivity contribution >= 4 is 34.8 Å². The second-order valence-electron chi connectivity index (χ2n) is 5.79. The van der Waals surface area contributed by atoms with Crippen LogP contribution in [0.4, 0.5) is 11.4 Å². The highest BCUT2D eigenvalue weighted by atomic mass is 35.5. The van der Waals surface area contributed by atoms with Crippen LogP contribution in [-0.2, 0) is 9.59 Å². The molecule has 0 bridgehead atoms. The van der Waals surface area contributed by atoms with Gasteiger partial charge in [-0.25, -0.2) is 0 Å². The van der Waals surface area contributed by atoms with Gasteiger partial charge in [0, 0.05) is 24.3 Å². The van der Waals surface area contributed by atoms with Gasteiger partial charge in [-0.15, -0.1) is 0 Å². The van der Waals surface area contributed by atoms with Gasteiger partial charge in [0.25, 0.3) is 5.91 Å². The number of nitrogens with zero attached hydrogens (tertiary/aromatic N) is 2. The van der Waals surface area contributed by atoms with Crippen molar-refractivity contribution in [2.75, 3.05) is 23.4 Å². The van der Waals surface area contributed by atoms with Crippen molar-refractivity contribution in [3.63, 3.8) is 0 Å². The van der Waals surface area contributed by atoms with Crippen LogP contribution in [0.15, 0.2) is 42.5 Å². The molecular formula is C19H16ClN3O3. The van der Waals surface area contributed by atoms with E-state index in [1.54, 1.807) is 35.2 Å². The topological polar surface area (TPSA) is 82.4 Å². The minimum absolute atomic E-state index is 0.0901. The summed E-state index contributed by atoms with van der Waals surface area (Å²) in [6.45, 7) is 0.467. The maximum absolute atomic E-state index is 12.1. The number of hydrogen-bond acceptors (Lipinski definition) is 4. The van der Waals surface area contributed by atoms with Crippen molar-refractivity contribution in [2.24, 2.45) is 0 Å². The fraction of sp³-hybridized carbons (Fsp3) is 0.211. The Hall–Kier alpha value is -3.04. The summed E-state index contributed by atoms with van der Waals surface area (Å²) in [6, 6.07) is 13.7. The second-order valence-corrected chi connectivity index (χ2v) is 6.20. The SMILES string of the molecule is N#Cc1ccc(OCC(=O)Nc2cccc(N3CCCC3=O)c2)c(Cl)c1. The van der Waals surface area contributed by atoms with E-state index in [-0.39, 0.29) is 23.4 Å². The Morgan fingerprint density at radius 1 is 1.31 bits per heavy atom. The zero-order chi connectivity index (χ0) is 18.5. The average molecular weight is 370 g/mol. The zero-order valence-corrected chi connectivity index (χ0v) is 14.6. The number of rotatable bonds is 5. The number of benzene rings is 2. The first-order chi connectivity index (χ1) is 12.6. The number of nitriles is 1. The van der Waals surface area contributed by atoms with Gasteiger partial charge in [-0.2, -0.15) is 5.26 Å². The number of amides is 2. The molecule has 0 spiro atoms. The van der Waals surface area contributed by atoms with Gasteiger partial charge < -0.3 is 15.0 Å². The predicted octanol–water partition coefficient (Wildman–Crippen LogP) is 3.36. The van der Waals surface area contributed by atoms with Gasteiger partial charge in [0.15, 0.2) is 6.61 Å². The van der Waals surface area contributed by atoms with Crippen LogP contribution in [0.25, 0.3) is 0 Å². The molecule has 0 unspecified atom stereocenters. The number of carbonyl (C=O) groups excluding carboxylic acids is 2. The van der Waals surface area contributed by atoms with Crippen LogP contribution in [0.2, 0.25) is 5.02 Å². The highest BCUT2D eigenvalue weighted by Gasteiger charge is 2.21. The summed E-state index contributed by atoms with van der Waals surface area (Å²) >= 11 is 6.01. The average Bonchev–Trinajstić information content (AvgIpc) is 3.07. The zero-order valence-electron chi connectivity index (χ0n) is 13.9. The number of nitrogens with one attached hydrogen (secondary N) is 1. The Morgan fingerprint density at radius 2 is 2.15 bits per heavy atom. The van der Waals surface area contributed by atoms with Crippen LogP contribution < -0.4 is 15.0 Å². The molecule has 1 aliphatic rings. The lowest BCUT2D eigenvalue weighted by atomic mass is 10.2. The summed E-state index contributed by atoms with van der Waals surface area (Å²) in [5.74, 6) is 0.0693. The standard InChI is InChI=1S/C19H16ClN3O3/c20-16-9-13(11-21)6-7-17(16)26-12-18(24)22-14-3-1-4-15(10-14)23-8-2-5-19(23)25/h1,3-4,6-7,9-10H,2,5,8,12H2,(H,22,24). The van der Waals surface area contributed by atoms with Gasteiger partial charge >= 0.3 is 0 Å². The predicted molar refractivity (Wildman–Crippen MR) is 98.3 cm³/mol. The largest absolute Gasteiger partial charge is 0.482 e. The van der Waals surface area contributed by atoms with Crippen LogP contribution in [0.5, 0.6) is 5.75 Å². The first-order valence-electron chi connectivity index (χ1n) is 8.09. The third-order valence-corrected chi connectivity index (χ3v) is 4.23. The van der Waals surface area contributed by atoms with Crippen LogP contribution in [0.3, 0.4) is 0 Å². The van der Waals surface area contributed by atoms with E-state index in [9.17, 15) is 9.59 Å². The molecule has 1 heterocycles. The van der Waals surface area contributed by atoms with E-state index in [1.165, 1.54) is 6.07 Å². The van der Waals surface area contributed by atoms with Crippen molar-refractivity contribution in [1.82, 2.24) is 0 Å². The molecule has 1 fully saturated rings. The number of anilines is 2. The molecule has 0 aromatic heterocycles. The van der Waals surface area contributed by atoms with Crippen LogP contribution in [-0.4, -0.2) is 25.0 Å². The minimum Gasteiger partial charge on any atom is -0.482 e. The summed E-state index contributed by atoms with van der Waals surface area (Å²) in [6.07, 6.45) is 1.39. The monoisotopic (exact) mass is 369 g/mol. The Balaban J connectivity index is 1.60. The quantitative estimate of drug-likeness (QED) is 0.876. The van der Waals surface area contributed by atoms with Gasteiger partial charge in [0.1, 0.15) is 5.75 Å². The molecule has 26 heavy (non-hydrogen) atoms. The van der Waals surface area contributed by atoms with Gasteiger partial charge in [-0.1, -0.05) is 17.7 Å². The van der Waals surface area contributed by atoms with E-state index in [1.807, 2.05) is 12.1 Å². The number of halogens is 1. The van der Waals surface area contributed by atoms with Gasteiger partial charge in [-0.3, -0.25) is 9.59 Å².